The van der Waals surface area contributed by atoms with Crippen molar-refractivity contribution in [3.05, 3.63) is 15.8 Å². The molecule has 0 unspecified atom stereocenters. The molecule has 1 heterocycles. The van der Waals surface area contributed by atoms with Crippen LogP contribution in [0.3, 0.4) is 0 Å². The largest absolute Gasteiger partial charge is 0.465 e. The highest BCUT2D eigenvalue weighted by atomic mass is 32.2. The Labute approximate surface area is 121 Å². The number of nitrogens with one attached hydrogen (secondary N) is 1. The Balaban J connectivity index is 2.94. The number of ether oxygens (including phenoxy) is 1. The molecule has 0 bridgehead atoms. The van der Waals surface area contributed by atoms with E-state index in [-0.39, 0.29) is 9.77 Å². The molecule has 0 saturated carbocycles. The minimum atomic E-state index is -3.66. The van der Waals surface area contributed by atoms with Crippen LogP contribution in [0, 0.1) is 6.92 Å². The first-order valence-corrected chi connectivity index (χ1v) is 9.34. The highest BCUT2D eigenvalue weighted by Gasteiger charge is 2.26. The molecule has 0 aromatic carbocycles. The third kappa shape index (κ3) is 4.20. The molecule has 19 heavy (non-hydrogen) atoms. The summed E-state index contributed by atoms with van der Waals surface area (Å²) >= 11 is 2.74. The molecule has 0 saturated heterocycles. The Hall–Kier alpha value is -0.570. The molecule has 0 aliphatic rings. The quantitative estimate of drug-likeness (QED) is 0.612. The second-order valence-electron chi connectivity index (χ2n) is 3.81. The van der Waals surface area contributed by atoms with Crippen molar-refractivity contribution >= 4 is 39.1 Å². The van der Waals surface area contributed by atoms with Crippen LogP contribution >= 0.6 is 23.1 Å². The van der Waals surface area contributed by atoms with Crippen LogP contribution in [0.25, 0.3) is 0 Å². The minimum absolute atomic E-state index is 0.0356. The number of carbonyl (C=O) groups is 1. The summed E-state index contributed by atoms with van der Waals surface area (Å²) in [5, 5.41) is 1.64. The Kier molecular flexibility index (Phi) is 6.31. The highest BCUT2D eigenvalue weighted by molar-refractivity contribution is 7.98. The SMILES string of the molecule is COC(=O)c1scc(C)c1S(=O)(=O)NCCCSC. The molecule has 1 N–H and O–H groups in total. The number of hydrogen-bond acceptors (Lipinski definition) is 6. The number of methoxy groups -OCH3 is 1. The third-order valence-electron chi connectivity index (χ3n) is 2.37. The van der Waals surface area contributed by atoms with Crippen molar-refractivity contribution in [1.82, 2.24) is 4.72 Å². The Morgan fingerprint density at radius 2 is 2.21 bits per heavy atom. The number of rotatable bonds is 7. The molecular weight excluding hydrogens is 306 g/mol. The zero-order chi connectivity index (χ0) is 14.5. The van der Waals surface area contributed by atoms with Crippen molar-refractivity contribution in [3.63, 3.8) is 0 Å². The fraction of sp³-hybridized carbons (Fsp3) is 0.545. The highest BCUT2D eigenvalue weighted by Crippen LogP contribution is 2.27. The van der Waals surface area contributed by atoms with E-state index in [1.807, 2.05) is 6.26 Å². The van der Waals surface area contributed by atoms with Crippen molar-refractivity contribution in [3.8, 4) is 0 Å². The maximum absolute atomic E-state index is 12.2. The molecule has 1 rings (SSSR count). The lowest BCUT2D eigenvalue weighted by Crippen LogP contribution is -2.26. The van der Waals surface area contributed by atoms with Gasteiger partial charge in [0.1, 0.15) is 9.77 Å². The van der Waals surface area contributed by atoms with Crippen molar-refractivity contribution in [2.45, 2.75) is 18.2 Å². The van der Waals surface area contributed by atoms with Gasteiger partial charge in [-0.15, -0.1) is 11.3 Å². The molecule has 0 aliphatic heterocycles. The van der Waals surface area contributed by atoms with Crippen molar-refractivity contribution in [1.29, 1.82) is 0 Å². The number of thioether (sulfide) groups is 1. The topological polar surface area (TPSA) is 72.5 Å². The molecule has 0 amide bonds. The van der Waals surface area contributed by atoms with E-state index in [1.54, 1.807) is 24.1 Å². The Morgan fingerprint density at radius 1 is 1.53 bits per heavy atom. The van der Waals surface area contributed by atoms with Gasteiger partial charge >= 0.3 is 5.97 Å². The second kappa shape index (κ2) is 7.28. The molecule has 0 spiro atoms. The van der Waals surface area contributed by atoms with Gasteiger partial charge in [-0.25, -0.2) is 17.9 Å². The van der Waals surface area contributed by atoms with Gasteiger partial charge < -0.3 is 4.74 Å². The smallest absolute Gasteiger partial charge is 0.349 e. The van der Waals surface area contributed by atoms with E-state index in [0.717, 1.165) is 23.5 Å². The summed E-state index contributed by atoms with van der Waals surface area (Å²) in [6, 6.07) is 0. The lowest BCUT2D eigenvalue weighted by atomic mass is 10.3. The molecule has 5 nitrogen and oxygen atoms in total. The minimum Gasteiger partial charge on any atom is -0.465 e. The average Bonchev–Trinajstić information content (AvgIpc) is 2.76. The van der Waals surface area contributed by atoms with Crippen LogP contribution in [0.1, 0.15) is 21.7 Å². The zero-order valence-electron chi connectivity index (χ0n) is 11.1. The van der Waals surface area contributed by atoms with Crippen LogP contribution in [0.15, 0.2) is 10.3 Å². The standard InChI is InChI=1S/C11H17NO4S3/c1-8-7-18-9(11(13)16-2)10(8)19(14,15)12-5-4-6-17-3/h7,12H,4-6H2,1-3H3. The number of sulfonamides is 1. The number of hydrogen-bond donors (Lipinski definition) is 1. The third-order valence-corrected chi connectivity index (χ3v) is 5.93. The fourth-order valence-corrected chi connectivity index (χ4v) is 4.70. The Bertz CT molecular complexity index is 536. The predicted octanol–water partition coefficient (Wildman–Crippen LogP) is 1.87. The van der Waals surface area contributed by atoms with Crippen molar-refractivity contribution < 1.29 is 17.9 Å². The van der Waals surface area contributed by atoms with Gasteiger partial charge in [-0.05, 0) is 36.3 Å². The normalized spacial score (nSPS) is 11.5. The van der Waals surface area contributed by atoms with E-state index in [0.29, 0.717) is 12.1 Å². The number of esters is 1. The van der Waals surface area contributed by atoms with Crippen LogP contribution in [-0.4, -0.2) is 40.1 Å². The van der Waals surface area contributed by atoms with Gasteiger partial charge in [-0.1, -0.05) is 0 Å². The van der Waals surface area contributed by atoms with Crippen LogP contribution in [0.2, 0.25) is 0 Å². The first-order valence-electron chi connectivity index (χ1n) is 5.59. The second-order valence-corrected chi connectivity index (χ2v) is 7.38. The van der Waals surface area contributed by atoms with E-state index in [4.69, 9.17) is 0 Å². The molecular formula is C11H17NO4S3. The summed E-state index contributed by atoms with van der Waals surface area (Å²) in [5.74, 6) is 0.261. The first-order chi connectivity index (χ1) is 8.94. The molecule has 0 aliphatic carbocycles. The van der Waals surface area contributed by atoms with E-state index >= 15 is 0 Å². The summed E-state index contributed by atoms with van der Waals surface area (Å²) in [7, 11) is -2.43. The molecule has 1 aromatic heterocycles. The molecule has 1 aromatic rings. The maximum Gasteiger partial charge on any atom is 0.349 e. The summed E-state index contributed by atoms with van der Waals surface area (Å²) < 4.78 is 31.5. The van der Waals surface area contributed by atoms with E-state index in [9.17, 15) is 13.2 Å². The van der Waals surface area contributed by atoms with Crippen LogP contribution in [0.4, 0.5) is 0 Å². The van der Waals surface area contributed by atoms with Gasteiger partial charge in [0.25, 0.3) is 0 Å². The van der Waals surface area contributed by atoms with Gasteiger partial charge in [0.2, 0.25) is 10.0 Å². The summed E-state index contributed by atoms with van der Waals surface area (Å²) in [4.78, 5) is 11.7. The summed E-state index contributed by atoms with van der Waals surface area (Å²) in [5.41, 5.74) is 0.558. The lowest BCUT2D eigenvalue weighted by Gasteiger charge is -2.08. The summed E-state index contributed by atoms with van der Waals surface area (Å²) in [6.45, 7) is 2.03. The van der Waals surface area contributed by atoms with Gasteiger partial charge in [0.15, 0.2) is 0 Å². The number of thiophene rings is 1. The maximum atomic E-state index is 12.2. The monoisotopic (exact) mass is 323 g/mol. The fourth-order valence-electron chi connectivity index (χ4n) is 1.50. The predicted molar refractivity (Wildman–Crippen MR) is 78.6 cm³/mol. The van der Waals surface area contributed by atoms with Crippen molar-refractivity contribution in [2.75, 3.05) is 25.7 Å². The van der Waals surface area contributed by atoms with E-state index in [1.165, 1.54) is 7.11 Å². The van der Waals surface area contributed by atoms with E-state index < -0.39 is 16.0 Å². The Morgan fingerprint density at radius 3 is 2.79 bits per heavy atom. The number of aryl methyl sites for hydroxylation is 1. The molecule has 8 heteroatoms. The van der Waals surface area contributed by atoms with Crippen molar-refractivity contribution in [2.24, 2.45) is 0 Å². The molecule has 0 radical (unpaired) electrons. The van der Waals surface area contributed by atoms with Gasteiger partial charge in [-0.3, -0.25) is 0 Å². The molecule has 108 valence electrons. The number of carbonyl (C=O) groups excluding carboxylic acids is 1. The molecule has 0 fully saturated rings. The summed E-state index contributed by atoms with van der Waals surface area (Å²) in [6.07, 6.45) is 2.71. The van der Waals surface area contributed by atoms with Crippen LogP contribution in [0.5, 0.6) is 0 Å². The average molecular weight is 323 g/mol. The van der Waals surface area contributed by atoms with Gasteiger partial charge in [-0.2, -0.15) is 11.8 Å². The van der Waals surface area contributed by atoms with Crippen LogP contribution < -0.4 is 4.72 Å². The zero-order valence-corrected chi connectivity index (χ0v) is 13.5. The van der Waals surface area contributed by atoms with E-state index in [2.05, 4.69) is 9.46 Å². The lowest BCUT2D eigenvalue weighted by molar-refractivity contribution is 0.0602. The molecule has 0 atom stereocenters. The first kappa shape index (κ1) is 16.5. The van der Waals surface area contributed by atoms with Crippen LogP contribution in [-0.2, 0) is 14.8 Å². The van der Waals surface area contributed by atoms with Gasteiger partial charge in [0.05, 0.1) is 7.11 Å². The van der Waals surface area contributed by atoms with Gasteiger partial charge in [0, 0.05) is 6.54 Å².